The summed E-state index contributed by atoms with van der Waals surface area (Å²) < 4.78 is 5.14. The van der Waals surface area contributed by atoms with Crippen molar-refractivity contribution in [2.24, 2.45) is 0 Å². The van der Waals surface area contributed by atoms with E-state index >= 15 is 0 Å². The van der Waals surface area contributed by atoms with Crippen LogP contribution in [0.1, 0.15) is 60.3 Å². The van der Waals surface area contributed by atoms with Crippen LogP contribution in [-0.2, 0) is 4.74 Å². The van der Waals surface area contributed by atoms with E-state index < -0.39 is 5.60 Å². The topological polar surface area (TPSA) is 86.2 Å². The minimum Gasteiger partial charge on any atom is -0.444 e. The highest BCUT2D eigenvalue weighted by Crippen LogP contribution is 2.06. The number of nitriles is 1. The lowest BCUT2D eigenvalue weighted by Gasteiger charge is -2.19. The van der Waals surface area contributed by atoms with Gasteiger partial charge in [-0.1, -0.05) is 13.8 Å². The van der Waals surface area contributed by atoms with E-state index in [4.69, 9.17) is 10.00 Å². The quantitative estimate of drug-likeness (QED) is 0.508. The van der Waals surface area contributed by atoms with Crippen LogP contribution in [-0.4, -0.2) is 44.4 Å². The Morgan fingerprint density at radius 2 is 1.48 bits per heavy atom. The molecule has 0 aliphatic rings. The molecule has 0 aromatic carbocycles. The van der Waals surface area contributed by atoms with Crippen molar-refractivity contribution in [2.75, 3.05) is 32.7 Å². The van der Waals surface area contributed by atoms with E-state index in [2.05, 4.69) is 22.0 Å². The molecule has 0 aromatic heterocycles. The molecule has 1 amide bonds. The summed E-state index contributed by atoms with van der Waals surface area (Å²) in [7, 11) is 0. The molecule has 0 saturated carbocycles. The third kappa shape index (κ3) is 23.1. The van der Waals surface area contributed by atoms with Crippen LogP contribution in [0.5, 0.6) is 0 Å². The predicted octanol–water partition coefficient (Wildman–Crippen LogP) is 2.80. The fourth-order valence-corrected chi connectivity index (χ4v) is 1.61. The Hall–Kier alpha value is -1.32. The number of ether oxygens (including phenoxy) is 1. The third-order valence-electron chi connectivity index (χ3n) is 2.57. The van der Waals surface area contributed by atoms with Crippen molar-refractivity contribution >= 4 is 6.09 Å². The first-order valence-electron chi connectivity index (χ1n) is 8.71. The van der Waals surface area contributed by atoms with Gasteiger partial charge in [0.2, 0.25) is 0 Å². The van der Waals surface area contributed by atoms with Crippen LogP contribution in [0, 0.1) is 11.3 Å². The molecule has 3 N–H and O–H groups in total. The SMILES string of the molecule is CC.CC(C)(C)OC(=O)NCCCNCCCCNCCC#N. The van der Waals surface area contributed by atoms with Gasteiger partial charge in [0.1, 0.15) is 5.60 Å². The minimum absolute atomic E-state index is 0.356. The second-order valence-electron chi connectivity index (χ2n) is 5.90. The zero-order valence-electron chi connectivity index (χ0n) is 15.6. The van der Waals surface area contributed by atoms with Crippen LogP contribution in [0.2, 0.25) is 0 Å². The van der Waals surface area contributed by atoms with Gasteiger partial charge in [0.15, 0.2) is 0 Å². The summed E-state index contributed by atoms with van der Waals surface area (Å²) in [5.41, 5.74) is -0.441. The lowest BCUT2D eigenvalue weighted by molar-refractivity contribution is 0.0527. The Morgan fingerprint density at radius 3 is 2.00 bits per heavy atom. The number of alkyl carbamates (subject to hydrolysis) is 1. The molecule has 0 fully saturated rings. The van der Waals surface area contributed by atoms with Crippen molar-refractivity contribution in [1.82, 2.24) is 16.0 Å². The fourth-order valence-electron chi connectivity index (χ4n) is 1.61. The largest absolute Gasteiger partial charge is 0.444 e. The van der Waals surface area contributed by atoms with Crippen molar-refractivity contribution in [3.05, 3.63) is 0 Å². The van der Waals surface area contributed by atoms with Gasteiger partial charge in [-0.15, -0.1) is 0 Å². The maximum absolute atomic E-state index is 11.4. The first kappa shape index (κ1) is 23.9. The molecule has 0 aliphatic heterocycles. The Labute approximate surface area is 142 Å². The summed E-state index contributed by atoms with van der Waals surface area (Å²) in [6.07, 6.45) is 3.32. The first-order chi connectivity index (χ1) is 11.0. The van der Waals surface area contributed by atoms with Crippen molar-refractivity contribution in [2.45, 2.75) is 65.9 Å². The summed E-state index contributed by atoms with van der Waals surface area (Å²) >= 11 is 0. The standard InChI is InChI=1S/C15H30N4O2.C2H6/c1-15(2,3)21-14(20)19-13-7-12-18-10-5-4-9-17-11-6-8-16;1-2/h17-18H,4-7,9-13H2,1-3H3,(H,19,20);1-2H3. The number of carbonyl (C=O) groups is 1. The second kappa shape index (κ2) is 17.0. The summed E-state index contributed by atoms with van der Waals surface area (Å²) in [4.78, 5) is 11.4. The van der Waals surface area contributed by atoms with Gasteiger partial charge in [0.05, 0.1) is 6.07 Å². The molecule has 0 rings (SSSR count). The normalized spacial score (nSPS) is 10.3. The Morgan fingerprint density at radius 1 is 0.957 bits per heavy atom. The third-order valence-corrected chi connectivity index (χ3v) is 2.57. The molecule has 136 valence electrons. The number of carbonyl (C=O) groups excluding carboxylic acids is 1. The van der Waals surface area contributed by atoms with Gasteiger partial charge < -0.3 is 20.7 Å². The smallest absolute Gasteiger partial charge is 0.407 e. The monoisotopic (exact) mass is 328 g/mol. The zero-order chi connectivity index (χ0) is 18.0. The molecule has 6 nitrogen and oxygen atoms in total. The molecule has 0 aliphatic carbocycles. The number of hydrogen-bond donors (Lipinski definition) is 3. The molecule has 6 heteroatoms. The van der Waals surface area contributed by atoms with Crippen LogP contribution in [0.25, 0.3) is 0 Å². The molecule has 0 atom stereocenters. The molecule has 0 radical (unpaired) electrons. The number of unbranched alkanes of at least 4 members (excludes halogenated alkanes) is 1. The summed E-state index contributed by atoms with van der Waals surface area (Å²) in [5.74, 6) is 0. The van der Waals surface area contributed by atoms with Gasteiger partial charge in [-0.05, 0) is 59.7 Å². The minimum atomic E-state index is -0.441. The maximum Gasteiger partial charge on any atom is 0.407 e. The van der Waals surface area contributed by atoms with Crippen LogP contribution >= 0.6 is 0 Å². The van der Waals surface area contributed by atoms with Crippen molar-refractivity contribution in [1.29, 1.82) is 5.26 Å². The van der Waals surface area contributed by atoms with Crippen LogP contribution in [0.4, 0.5) is 4.79 Å². The molecule has 0 heterocycles. The molecular weight excluding hydrogens is 292 g/mol. The molecule has 0 bridgehead atoms. The number of nitrogens with zero attached hydrogens (tertiary/aromatic N) is 1. The van der Waals surface area contributed by atoms with E-state index in [1.807, 2.05) is 34.6 Å². The highest BCUT2D eigenvalue weighted by Gasteiger charge is 2.15. The van der Waals surface area contributed by atoms with Gasteiger partial charge in [-0.3, -0.25) is 0 Å². The lowest BCUT2D eigenvalue weighted by Crippen LogP contribution is -2.34. The molecule has 0 saturated heterocycles. The van der Waals surface area contributed by atoms with Crippen molar-refractivity contribution in [3.8, 4) is 6.07 Å². The van der Waals surface area contributed by atoms with E-state index in [9.17, 15) is 4.79 Å². The van der Waals surface area contributed by atoms with Crippen molar-refractivity contribution < 1.29 is 9.53 Å². The Kier molecular flexibility index (Phi) is 17.7. The molecule has 0 spiro atoms. The van der Waals surface area contributed by atoms with Gasteiger partial charge in [-0.2, -0.15) is 5.26 Å². The first-order valence-corrected chi connectivity index (χ1v) is 8.71. The maximum atomic E-state index is 11.4. The molecular formula is C17H36N4O2. The number of nitrogens with one attached hydrogen (secondary N) is 3. The van der Waals surface area contributed by atoms with Gasteiger partial charge >= 0.3 is 6.09 Å². The Balaban J connectivity index is 0. The van der Waals surface area contributed by atoms with E-state index in [0.29, 0.717) is 13.0 Å². The number of hydrogen-bond acceptors (Lipinski definition) is 5. The number of rotatable bonds is 11. The lowest BCUT2D eigenvalue weighted by atomic mass is 10.2. The highest BCUT2D eigenvalue weighted by molar-refractivity contribution is 5.67. The average molecular weight is 329 g/mol. The Bertz CT molecular complexity index is 309. The van der Waals surface area contributed by atoms with Crippen molar-refractivity contribution in [3.63, 3.8) is 0 Å². The van der Waals surface area contributed by atoms with Crippen LogP contribution in [0.3, 0.4) is 0 Å². The van der Waals surface area contributed by atoms with Crippen LogP contribution < -0.4 is 16.0 Å². The molecule has 0 aromatic rings. The summed E-state index contributed by atoms with van der Waals surface area (Å²) in [6.45, 7) is 13.8. The zero-order valence-corrected chi connectivity index (χ0v) is 15.6. The van der Waals surface area contributed by atoms with Gasteiger partial charge in [-0.25, -0.2) is 4.79 Å². The van der Waals surface area contributed by atoms with E-state index in [0.717, 1.165) is 45.4 Å². The van der Waals surface area contributed by atoms with E-state index in [1.165, 1.54) is 0 Å². The second-order valence-corrected chi connectivity index (χ2v) is 5.90. The molecule has 0 unspecified atom stereocenters. The summed E-state index contributed by atoms with van der Waals surface area (Å²) in [5, 5.41) is 17.7. The molecule has 23 heavy (non-hydrogen) atoms. The fraction of sp³-hybridized carbons (Fsp3) is 0.882. The van der Waals surface area contributed by atoms with Gasteiger partial charge in [0.25, 0.3) is 0 Å². The predicted molar refractivity (Wildman–Crippen MR) is 95.4 cm³/mol. The van der Waals surface area contributed by atoms with E-state index in [-0.39, 0.29) is 6.09 Å². The highest BCUT2D eigenvalue weighted by atomic mass is 16.6. The number of amides is 1. The van der Waals surface area contributed by atoms with Gasteiger partial charge in [0, 0.05) is 19.5 Å². The van der Waals surface area contributed by atoms with E-state index in [1.54, 1.807) is 0 Å². The summed E-state index contributed by atoms with van der Waals surface area (Å²) in [6, 6.07) is 2.11. The van der Waals surface area contributed by atoms with Crippen LogP contribution in [0.15, 0.2) is 0 Å². The average Bonchev–Trinajstić information content (AvgIpc) is 2.48.